The third kappa shape index (κ3) is 5.48. The lowest BCUT2D eigenvalue weighted by molar-refractivity contribution is 0.418. The van der Waals surface area contributed by atoms with Crippen LogP contribution in [0.25, 0.3) is 16.5 Å². The normalized spacial score (nSPS) is 16.4. The van der Waals surface area contributed by atoms with Crippen molar-refractivity contribution in [3.63, 3.8) is 0 Å². The minimum absolute atomic E-state index is 0.0615. The van der Waals surface area contributed by atoms with Gasteiger partial charge in [0.25, 0.3) is 5.56 Å². The molecule has 0 aromatic carbocycles. The quantitative estimate of drug-likeness (QED) is 0.565. The van der Waals surface area contributed by atoms with Gasteiger partial charge in [0.05, 0.1) is 22.9 Å². The molecule has 0 amide bonds. The maximum Gasteiger partial charge on any atom is 0.256 e. The summed E-state index contributed by atoms with van der Waals surface area (Å²) in [6.07, 6.45) is 6.94. The number of allylic oxidation sites excluding steroid dienone is 4. The van der Waals surface area contributed by atoms with E-state index in [1.54, 1.807) is 6.07 Å². The van der Waals surface area contributed by atoms with Crippen LogP contribution in [0.1, 0.15) is 31.2 Å². The second-order valence-corrected chi connectivity index (χ2v) is 8.04. The van der Waals surface area contributed by atoms with Gasteiger partial charge in [-0.15, -0.1) is 0 Å². The first-order valence-corrected chi connectivity index (χ1v) is 10.8. The number of hydrogen-bond donors (Lipinski definition) is 2. The molecular weight excluding hydrogens is 431 g/mol. The average molecular weight is 455 g/mol. The molecule has 0 atom stereocenters. The van der Waals surface area contributed by atoms with Crippen LogP contribution in [0.2, 0.25) is 0 Å². The number of nitrogens with zero attached hydrogens (tertiary/aromatic N) is 3. The highest BCUT2D eigenvalue weighted by Gasteiger charge is 2.21. The molecular formula is C24H24F3N5O. The van der Waals surface area contributed by atoms with E-state index in [4.69, 9.17) is 0 Å². The molecule has 6 nitrogen and oxygen atoms in total. The maximum atomic E-state index is 14.1. The number of aromatic amines is 1. The topological polar surface area (TPSA) is 73.9 Å². The van der Waals surface area contributed by atoms with E-state index in [-0.39, 0.29) is 24.0 Å². The molecule has 1 aliphatic heterocycles. The van der Waals surface area contributed by atoms with Crippen molar-refractivity contribution in [2.45, 2.75) is 25.7 Å². The Morgan fingerprint density at radius 2 is 1.79 bits per heavy atom. The molecule has 1 aliphatic carbocycles. The first kappa shape index (κ1) is 22.7. The molecule has 1 saturated heterocycles. The number of fused-ring (bicyclic) bond motifs is 1. The van der Waals surface area contributed by atoms with E-state index in [2.05, 4.69) is 32.2 Å². The van der Waals surface area contributed by atoms with Crippen LogP contribution in [-0.4, -0.2) is 40.0 Å². The smallest absolute Gasteiger partial charge is 0.256 e. The lowest BCUT2D eigenvalue weighted by Crippen LogP contribution is -2.14. The summed E-state index contributed by atoms with van der Waals surface area (Å²) in [5.74, 6) is -1.09. The number of hydrogen-bond acceptors (Lipinski definition) is 5. The molecule has 33 heavy (non-hydrogen) atoms. The molecule has 0 unspecified atom stereocenters. The Balaban J connectivity index is 0.000000376. The van der Waals surface area contributed by atoms with E-state index in [0.717, 1.165) is 6.20 Å². The Morgan fingerprint density at radius 1 is 1.03 bits per heavy atom. The number of anilines is 2. The third-order valence-corrected chi connectivity index (χ3v) is 5.51. The summed E-state index contributed by atoms with van der Waals surface area (Å²) < 4.78 is 41.1. The predicted molar refractivity (Wildman–Crippen MR) is 123 cm³/mol. The van der Waals surface area contributed by atoms with Crippen LogP contribution >= 0.6 is 0 Å². The van der Waals surface area contributed by atoms with Crippen molar-refractivity contribution in [2.75, 3.05) is 25.5 Å². The fourth-order valence-electron chi connectivity index (χ4n) is 3.77. The van der Waals surface area contributed by atoms with Crippen LogP contribution in [0.4, 0.5) is 24.8 Å². The van der Waals surface area contributed by atoms with Crippen LogP contribution in [0, 0.1) is 5.82 Å². The fourth-order valence-corrected chi connectivity index (χ4v) is 3.77. The van der Waals surface area contributed by atoms with Gasteiger partial charge in [-0.3, -0.25) is 4.79 Å². The summed E-state index contributed by atoms with van der Waals surface area (Å²) in [6, 6.07) is 5.66. The highest BCUT2D eigenvalue weighted by atomic mass is 19.1. The average Bonchev–Trinajstić information content (AvgIpc) is 3.27. The molecule has 2 aliphatic rings. The summed E-state index contributed by atoms with van der Waals surface area (Å²) in [7, 11) is 2.17. The van der Waals surface area contributed by atoms with Crippen LogP contribution in [0.5, 0.6) is 0 Å². The number of H-pyrrole nitrogens is 1. The second-order valence-electron chi connectivity index (χ2n) is 8.04. The summed E-state index contributed by atoms with van der Waals surface area (Å²) in [4.78, 5) is 25.4. The lowest BCUT2D eigenvalue weighted by atomic mass is 9.97. The Morgan fingerprint density at radius 3 is 2.42 bits per heavy atom. The molecule has 0 saturated carbocycles. The number of nitrogens with one attached hydrogen (secondary N) is 2. The van der Waals surface area contributed by atoms with Gasteiger partial charge in [0.15, 0.2) is 0 Å². The molecule has 0 spiro atoms. The molecule has 172 valence electrons. The Kier molecular flexibility index (Phi) is 6.88. The molecule has 2 N–H and O–H groups in total. The summed E-state index contributed by atoms with van der Waals surface area (Å²) in [5.41, 5.74) is -0.544. The molecule has 0 bridgehead atoms. The number of aromatic nitrogens is 3. The zero-order valence-corrected chi connectivity index (χ0v) is 18.2. The van der Waals surface area contributed by atoms with Crippen LogP contribution in [0.3, 0.4) is 0 Å². The number of rotatable bonds is 3. The van der Waals surface area contributed by atoms with E-state index in [9.17, 15) is 18.0 Å². The van der Waals surface area contributed by atoms with Crippen molar-refractivity contribution in [1.29, 1.82) is 0 Å². The number of pyridine rings is 3. The van der Waals surface area contributed by atoms with Gasteiger partial charge in [-0.05, 0) is 63.7 Å². The van der Waals surface area contributed by atoms with Gasteiger partial charge in [-0.2, -0.15) is 0 Å². The van der Waals surface area contributed by atoms with Gasteiger partial charge in [0.1, 0.15) is 29.1 Å². The summed E-state index contributed by atoms with van der Waals surface area (Å²) in [6.45, 7) is 2.64. The van der Waals surface area contributed by atoms with Crippen molar-refractivity contribution in [1.82, 2.24) is 19.9 Å². The fraction of sp³-hybridized carbons (Fsp3) is 0.292. The number of halogens is 3. The molecule has 5 rings (SSSR count). The van der Waals surface area contributed by atoms with E-state index in [0.29, 0.717) is 22.5 Å². The second kappa shape index (κ2) is 9.99. The minimum Gasteiger partial charge on any atom is -0.325 e. The van der Waals surface area contributed by atoms with Gasteiger partial charge < -0.3 is 15.2 Å². The summed E-state index contributed by atoms with van der Waals surface area (Å²) in [5, 5.41) is 3.40. The Bertz CT molecular complexity index is 1260. The lowest BCUT2D eigenvalue weighted by Gasteiger charge is -2.12. The highest BCUT2D eigenvalue weighted by molar-refractivity contribution is 5.87. The first-order valence-electron chi connectivity index (χ1n) is 10.8. The van der Waals surface area contributed by atoms with E-state index >= 15 is 0 Å². The SMILES string of the molecule is CN1CCCC1.O=c1[nH]c2cc(Nc3ccc(F)cn3)ncc2cc1C1=C(F)CCC=C1F. The van der Waals surface area contributed by atoms with Gasteiger partial charge in [0.2, 0.25) is 0 Å². The summed E-state index contributed by atoms with van der Waals surface area (Å²) >= 11 is 0. The van der Waals surface area contributed by atoms with Gasteiger partial charge in [0, 0.05) is 24.1 Å². The maximum absolute atomic E-state index is 14.1. The van der Waals surface area contributed by atoms with Crippen molar-refractivity contribution in [3.8, 4) is 0 Å². The zero-order chi connectivity index (χ0) is 23.4. The van der Waals surface area contributed by atoms with Gasteiger partial charge >= 0.3 is 0 Å². The van der Waals surface area contributed by atoms with Gasteiger partial charge in [-0.1, -0.05) is 0 Å². The van der Waals surface area contributed by atoms with Crippen molar-refractivity contribution in [2.24, 2.45) is 0 Å². The molecule has 4 heterocycles. The molecule has 3 aromatic rings. The Labute approximate surface area is 188 Å². The van der Waals surface area contributed by atoms with Crippen molar-refractivity contribution >= 4 is 28.1 Å². The standard InChI is InChI=1S/C19H13F3N4O.C5H11N/c20-11-4-5-16(24-9-11)26-17-7-15-10(8-23-17)6-12(19(27)25-15)18-13(21)2-1-3-14(18)22;1-6-4-2-3-5-6/h2,4-9H,1,3H2,(H,25,27)(H,23,24,26);2-5H2,1H3. The zero-order valence-electron chi connectivity index (χ0n) is 18.2. The van der Waals surface area contributed by atoms with Crippen LogP contribution < -0.4 is 10.9 Å². The van der Waals surface area contributed by atoms with E-state index in [1.165, 1.54) is 56.4 Å². The molecule has 0 radical (unpaired) electrons. The number of likely N-dealkylation sites (tertiary alicyclic amines) is 1. The Hall–Kier alpha value is -3.46. The first-order chi connectivity index (χ1) is 15.9. The third-order valence-electron chi connectivity index (χ3n) is 5.51. The van der Waals surface area contributed by atoms with E-state index in [1.807, 2.05) is 0 Å². The van der Waals surface area contributed by atoms with Crippen LogP contribution in [-0.2, 0) is 0 Å². The van der Waals surface area contributed by atoms with E-state index < -0.39 is 23.0 Å². The van der Waals surface area contributed by atoms with Gasteiger partial charge in [-0.25, -0.2) is 23.1 Å². The van der Waals surface area contributed by atoms with Crippen molar-refractivity contribution in [3.05, 3.63) is 76.1 Å². The molecule has 9 heteroatoms. The van der Waals surface area contributed by atoms with Crippen molar-refractivity contribution < 1.29 is 13.2 Å². The minimum atomic E-state index is -0.739. The molecule has 3 aromatic heterocycles. The highest BCUT2D eigenvalue weighted by Crippen LogP contribution is 2.34. The predicted octanol–water partition coefficient (Wildman–Crippen LogP) is 5.24. The van der Waals surface area contributed by atoms with Crippen LogP contribution in [0.15, 0.2) is 59.2 Å². The molecule has 1 fully saturated rings. The largest absolute Gasteiger partial charge is 0.325 e. The monoisotopic (exact) mass is 455 g/mol.